The van der Waals surface area contributed by atoms with E-state index in [1.807, 2.05) is 4.90 Å². The van der Waals surface area contributed by atoms with Crippen molar-refractivity contribution in [2.45, 2.75) is 12.8 Å². The van der Waals surface area contributed by atoms with Crippen molar-refractivity contribution >= 4 is 12.4 Å². The second kappa shape index (κ2) is 4.81. The maximum Gasteiger partial charge on any atom is 0.306 e. The van der Waals surface area contributed by atoms with Gasteiger partial charge in [0.25, 0.3) is 0 Å². The van der Waals surface area contributed by atoms with E-state index in [1.54, 1.807) is 0 Å². The van der Waals surface area contributed by atoms with Crippen LogP contribution in [0.15, 0.2) is 0 Å². The number of amides is 1. The zero-order valence-electron chi connectivity index (χ0n) is 7.40. The summed E-state index contributed by atoms with van der Waals surface area (Å²) in [6, 6.07) is 0. The van der Waals surface area contributed by atoms with E-state index in [0.717, 1.165) is 13.1 Å². The maximum atomic E-state index is 10.6. The van der Waals surface area contributed by atoms with E-state index in [2.05, 4.69) is 5.32 Å². The van der Waals surface area contributed by atoms with E-state index in [9.17, 15) is 9.59 Å². The first-order valence-electron chi connectivity index (χ1n) is 4.36. The zero-order valence-corrected chi connectivity index (χ0v) is 7.40. The molecule has 1 aliphatic rings. The van der Waals surface area contributed by atoms with Crippen LogP contribution in [0.4, 0.5) is 0 Å². The Morgan fingerprint density at radius 1 is 1.54 bits per heavy atom. The number of aliphatic carboxylic acids is 1. The minimum absolute atomic E-state index is 0.201. The van der Waals surface area contributed by atoms with Gasteiger partial charge in [-0.3, -0.25) is 14.5 Å². The third-order valence-corrected chi connectivity index (χ3v) is 2.34. The number of hydrogen-bond acceptors (Lipinski definition) is 3. The van der Waals surface area contributed by atoms with Crippen LogP contribution in [0.2, 0.25) is 0 Å². The van der Waals surface area contributed by atoms with Crippen LogP contribution in [0.1, 0.15) is 12.8 Å². The van der Waals surface area contributed by atoms with Gasteiger partial charge in [0.2, 0.25) is 6.41 Å². The Kier molecular flexibility index (Phi) is 3.70. The quantitative estimate of drug-likeness (QED) is 0.580. The van der Waals surface area contributed by atoms with Gasteiger partial charge >= 0.3 is 5.97 Å². The Morgan fingerprint density at radius 2 is 2.15 bits per heavy atom. The molecule has 0 unspecified atom stereocenters. The summed E-state index contributed by atoms with van der Waals surface area (Å²) in [5.41, 5.74) is 0. The van der Waals surface area contributed by atoms with Crippen molar-refractivity contribution in [2.75, 3.05) is 19.8 Å². The summed E-state index contributed by atoms with van der Waals surface area (Å²) in [7, 11) is 0. The van der Waals surface area contributed by atoms with Crippen LogP contribution >= 0.6 is 0 Å². The van der Waals surface area contributed by atoms with E-state index in [0.29, 0.717) is 25.9 Å². The fourth-order valence-corrected chi connectivity index (χ4v) is 1.50. The lowest BCUT2D eigenvalue weighted by atomic mass is 9.97. The highest BCUT2D eigenvalue weighted by Crippen LogP contribution is 2.16. The highest BCUT2D eigenvalue weighted by atomic mass is 16.4. The number of nitrogens with zero attached hydrogens (tertiary/aromatic N) is 1. The van der Waals surface area contributed by atoms with Crippen molar-refractivity contribution in [1.29, 1.82) is 0 Å². The van der Waals surface area contributed by atoms with Gasteiger partial charge in [0.15, 0.2) is 0 Å². The van der Waals surface area contributed by atoms with Crippen LogP contribution in [0.25, 0.3) is 0 Å². The van der Waals surface area contributed by atoms with Crippen LogP contribution < -0.4 is 5.32 Å². The lowest BCUT2D eigenvalue weighted by Crippen LogP contribution is -2.41. The summed E-state index contributed by atoms with van der Waals surface area (Å²) in [5.74, 6) is -0.907. The van der Waals surface area contributed by atoms with Crippen molar-refractivity contribution in [2.24, 2.45) is 5.92 Å². The summed E-state index contributed by atoms with van der Waals surface area (Å²) in [5, 5.41) is 11.3. The molecule has 0 spiro atoms. The van der Waals surface area contributed by atoms with Crippen LogP contribution in [0.3, 0.4) is 0 Å². The minimum atomic E-state index is -0.706. The zero-order chi connectivity index (χ0) is 9.68. The highest BCUT2D eigenvalue weighted by Gasteiger charge is 2.23. The molecule has 5 nitrogen and oxygen atoms in total. The van der Waals surface area contributed by atoms with Gasteiger partial charge < -0.3 is 10.4 Å². The second-order valence-electron chi connectivity index (χ2n) is 3.21. The average molecular weight is 186 g/mol. The van der Waals surface area contributed by atoms with Crippen molar-refractivity contribution in [1.82, 2.24) is 10.2 Å². The molecule has 0 bridgehead atoms. The Labute approximate surface area is 76.7 Å². The summed E-state index contributed by atoms with van der Waals surface area (Å²) in [4.78, 5) is 22.6. The molecule has 1 saturated heterocycles. The largest absolute Gasteiger partial charge is 0.481 e. The number of carbonyl (C=O) groups excluding carboxylic acids is 1. The molecule has 0 aliphatic carbocycles. The predicted octanol–water partition coefficient (Wildman–Crippen LogP) is -0.514. The lowest BCUT2D eigenvalue weighted by Gasteiger charge is -2.29. The van der Waals surface area contributed by atoms with Crippen LogP contribution in [-0.4, -0.2) is 42.1 Å². The SMILES string of the molecule is O=CNCN1CCC(C(=O)O)CC1. The first-order valence-corrected chi connectivity index (χ1v) is 4.36. The van der Waals surface area contributed by atoms with Crippen LogP contribution in [0.5, 0.6) is 0 Å². The van der Waals surface area contributed by atoms with Gasteiger partial charge in [-0.2, -0.15) is 0 Å². The standard InChI is InChI=1S/C8H14N2O3/c11-6-9-5-10-3-1-7(2-4-10)8(12)13/h6-7H,1-5H2,(H,9,11)(H,12,13). The van der Waals surface area contributed by atoms with Gasteiger partial charge in [0, 0.05) is 13.1 Å². The molecule has 1 aliphatic heterocycles. The molecule has 1 heterocycles. The van der Waals surface area contributed by atoms with Crippen LogP contribution in [-0.2, 0) is 9.59 Å². The molecule has 13 heavy (non-hydrogen) atoms. The van der Waals surface area contributed by atoms with E-state index in [4.69, 9.17) is 5.11 Å². The number of nitrogens with one attached hydrogen (secondary N) is 1. The van der Waals surface area contributed by atoms with Gasteiger partial charge in [-0.25, -0.2) is 0 Å². The van der Waals surface area contributed by atoms with Gasteiger partial charge in [-0.15, -0.1) is 0 Å². The predicted molar refractivity (Wildman–Crippen MR) is 46.0 cm³/mol. The first-order chi connectivity index (χ1) is 6.24. The van der Waals surface area contributed by atoms with Gasteiger partial charge in [0.1, 0.15) is 0 Å². The van der Waals surface area contributed by atoms with E-state index in [-0.39, 0.29) is 5.92 Å². The van der Waals surface area contributed by atoms with Crippen molar-refractivity contribution < 1.29 is 14.7 Å². The lowest BCUT2D eigenvalue weighted by molar-refractivity contribution is -0.143. The van der Waals surface area contributed by atoms with Crippen molar-refractivity contribution in [3.8, 4) is 0 Å². The Bertz CT molecular complexity index is 188. The minimum Gasteiger partial charge on any atom is -0.481 e. The monoisotopic (exact) mass is 186 g/mol. The molecule has 0 saturated carbocycles. The van der Waals surface area contributed by atoms with E-state index < -0.39 is 5.97 Å². The molecule has 5 heteroatoms. The summed E-state index contributed by atoms with van der Waals surface area (Å²) >= 11 is 0. The molecule has 2 N–H and O–H groups in total. The topological polar surface area (TPSA) is 69.6 Å². The molecule has 0 atom stereocenters. The smallest absolute Gasteiger partial charge is 0.306 e. The number of carbonyl (C=O) groups is 2. The molecular formula is C8H14N2O3. The molecule has 0 aromatic carbocycles. The molecule has 0 radical (unpaired) electrons. The normalized spacial score (nSPS) is 19.7. The van der Waals surface area contributed by atoms with Gasteiger partial charge in [0.05, 0.1) is 12.6 Å². The number of carboxylic acids is 1. The summed E-state index contributed by atoms with van der Waals surface area (Å²) in [6.07, 6.45) is 2.01. The summed E-state index contributed by atoms with van der Waals surface area (Å²) < 4.78 is 0. The van der Waals surface area contributed by atoms with Gasteiger partial charge in [-0.1, -0.05) is 0 Å². The number of likely N-dealkylation sites (tertiary alicyclic amines) is 1. The van der Waals surface area contributed by atoms with Crippen molar-refractivity contribution in [3.05, 3.63) is 0 Å². The third kappa shape index (κ3) is 3.02. The van der Waals surface area contributed by atoms with E-state index >= 15 is 0 Å². The average Bonchev–Trinajstić information content (AvgIpc) is 2.15. The third-order valence-electron chi connectivity index (χ3n) is 2.34. The number of hydrogen-bond donors (Lipinski definition) is 2. The molecule has 74 valence electrons. The highest BCUT2D eigenvalue weighted by molar-refractivity contribution is 5.70. The Morgan fingerprint density at radius 3 is 2.62 bits per heavy atom. The van der Waals surface area contributed by atoms with Gasteiger partial charge in [-0.05, 0) is 12.8 Å². The second-order valence-corrected chi connectivity index (χ2v) is 3.21. The first kappa shape index (κ1) is 9.98. The molecule has 1 amide bonds. The summed E-state index contributed by atoms with van der Waals surface area (Å²) in [6.45, 7) is 2.02. The van der Waals surface area contributed by atoms with Crippen LogP contribution in [0, 0.1) is 5.92 Å². The maximum absolute atomic E-state index is 10.6. The Hall–Kier alpha value is -1.10. The Balaban J connectivity index is 2.22. The van der Waals surface area contributed by atoms with E-state index in [1.165, 1.54) is 0 Å². The molecular weight excluding hydrogens is 172 g/mol. The fraction of sp³-hybridized carbons (Fsp3) is 0.750. The molecule has 0 aromatic heterocycles. The number of piperidine rings is 1. The number of carboxylic acid groups (broad SMARTS) is 1. The number of rotatable bonds is 4. The molecule has 0 aromatic rings. The molecule has 1 fully saturated rings. The fourth-order valence-electron chi connectivity index (χ4n) is 1.50. The molecule has 1 rings (SSSR count). The van der Waals surface area contributed by atoms with Crippen molar-refractivity contribution in [3.63, 3.8) is 0 Å².